The Hall–Kier alpha value is -2.34. The number of hydrogen-bond acceptors (Lipinski definition) is 3. The SMILES string of the molecule is CC=CC=CC(=O)Nc1cc(F)ccc1Sc1nccn1C. The number of hydrogen-bond donors (Lipinski definition) is 1. The maximum absolute atomic E-state index is 13.5. The molecular weight excluding hydrogens is 301 g/mol. The molecule has 6 heteroatoms. The molecule has 0 aliphatic heterocycles. The Morgan fingerprint density at radius 3 is 2.91 bits per heavy atom. The van der Waals surface area contributed by atoms with Crippen LogP contribution in [0.1, 0.15) is 6.92 Å². The zero-order valence-corrected chi connectivity index (χ0v) is 13.1. The van der Waals surface area contributed by atoms with Gasteiger partial charge < -0.3 is 9.88 Å². The standard InChI is InChI=1S/C16H16FN3OS/c1-3-4-5-6-15(21)19-13-11-12(17)7-8-14(13)22-16-18-9-10-20(16)2/h3-11H,1-2H3,(H,19,21). The first-order valence-electron chi connectivity index (χ1n) is 6.65. The van der Waals surface area contributed by atoms with Gasteiger partial charge in [0.2, 0.25) is 5.91 Å². The third-order valence-electron chi connectivity index (χ3n) is 2.73. The van der Waals surface area contributed by atoms with Crippen molar-refractivity contribution in [2.24, 2.45) is 7.05 Å². The number of anilines is 1. The molecule has 114 valence electrons. The fourth-order valence-electron chi connectivity index (χ4n) is 1.67. The number of benzene rings is 1. The van der Waals surface area contributed by atoms with Crippen molar-refractivity contribution in [2.75, 3.05) is 5.32 Å². The van der Waals surface area contributed by atoms with Crippen molar-refractivity contribution in [1.82, 2.24) is 9.55 Å². The number of nitrogens with zero attached hydrogens (tertiary/aromatic N) is 2. The van der Waals surface area contributed by atoms with E-state index in [1.807, 2.05) is 30.8 Å². The van der Waals surface area contributed by atoms with E-state index in [1.165, 1.54) is 30.0 Å². The number of aryl methyl sites for hydroxylation is 1. The van der Waals surface area contributed by atoms with Crippen LogP contribution in [0.15, 0.2) is 64.9 Å². The molecule has 0 unspecified atom stereocenters. The van der Waals surface area contributed by atoms with Gasteiger partial charge in [-0.3, -0.25) is 4.79 Å². The molecule has 0 aliphatic carbocycles. The predicted octanol–water partition coefficient (Wildman–Crippen LogP) is 3.78. The minimum Gasteiger partial charge on any atom is -0.329 e. The Morgan fingerprint density at radius 1 is 1.41 bits per heavy atom. The van der Waals surface area contributed by atoms with Gasteiger partial charge in [0, 0.05) is 30.4 Å². The first-order valence-corrected chi connectivity index (χ1v) is 7.47. The molecule has 0 saturated heterocycles. The smallest absolute Gasteiger partial charge is 0.248 e. The zero-order valence-electron chi connectivity index (χ0n) is 12.3. The van der Waals surface area contributed by atoms with Gasteiger partial charge in [0.25, 0.3) is 0 Å². The molecular formula is C16H16FN3OS. The van der Waals surface area contributed by atoms with E-state index < -0.39 is 5.82 Å². The molecule has 2 rings (SSSR count). The van der Waals surface area contributed by atoms with Crippen molar-refractivity contribution in [3.8, 4) is 0 Å². The van der Waals surface area contributed by atoms with Crippen LogP contribution in [0.2, 0.25) is 0 Å². The predicted molar refractivity (Wildman–Crippen MR) is 86.3 cm³/mol. The molecule has 0 atom stereocenters. The van der Waals surface area contributed by atoms with Gasteiger partial charge >= 0.3 is 0 Å². The van der Waals surface area contributed by atoms with Crippen LogP contribution in [0, 0.1) is 5.82 Å². The number of amides is 1. The van der Waals surface area contributed by atoms with E-state index in [0.717, 1.165) is 10.1 Å². The molecule has 0 saturated carbocycles. The van der Waals surface area contributed by atoms with E-state index in [1.54, 1.807) is 24.4 Å². The first kappa shape index (κ1) is 16.0. The molecule has 0 aliphatic rings. The van der Waals surface area contributed by atoms with Gasteiger partial charge in [-0.2, -0.15) is 0 Å². The van der Waals surface area contributed by atoms with Crippen molar-refractivity contribution in [1.29, 1.82) is 0 Å². The number of carbonyl (C=O) groups is 1. The summed E-state index contributed by atoms with van der Waals surface area (Å²) in [5, 5.41) is 3.44. The van der Waals surface area contributed by atoms with E-state index in [-0.39, 0.29) is 5.91 Å². The van der Waals surface area contributed by atoms with Crippen molar-refractivity contribution in [3.63, 3.8) is 0 Å². The van der Waals surface area contributed by atoms with E-state index in [4.69, 9.17) is 0 Å². The number of aromatic nitrogens is 2. The largest absolute Gasteiger partial charge is 0.329 e. The third kappa shape index (κ3) is 4.33. The Balaban J connectivity index is 2.21. The van der Waals surface area contributed by atoms with Crippen molar-refractivity contribution in [3.05, 3.63) is 60.7 Å². The van der Waals surface area contributed by atoms with Gasteiger partial charge in [0.1, 0.15) is 5.82 Å². The van der Waals surface area contributed by atoms with Gasteiger partial charge in [0.15, 0.2) is 5.16 Å². The quantitative estimate of drug-likeness (QED) is 0.674. The molecule has 1 heterocycles. The number of carbonyl (C=O) groups excluding carboxylic acids is 1. The molecule has 1 aromatic carbocycles. The Labute approximate surface area is 132 Å². The maximum atomic E-state index is 13.5. The first-order chi connectivity index (χ1) is 10.6. The normalized spacial score (nSPS) is 11.4. The number of allylic oxidation sites excluding steroid dienone is 3. The van der Waals surface area contributed by atoms with Gasteiger partial charge in [-0.25, -0.2) is 9.37 Å². The number of nitrogens with one attached hydrogen (secondary N) is 1. The molecule has 0 spiro atoms. The summed E-state index contributed by atoms with van der Waals surface area (Å²) in [5.74, 6) is -0.720. The van der Waals surface area contributed by atoms with Gasteiger partial charge in [0.05, 0.1) is 5.69 Å². The zero-order chi connectivity index (χ0) is 15.9. The molecule has 1 aromatic heterocycles. The summed E-state index contributed by atoms with van der Waals surface area (Å²) in [5.41, 5.74) is 0.420. The molecule has 0 bridgehead atoms. The Bertz CT molecular complexity index is 722. The molecule has 4 nitrogen and oxygen atoms in total. The maximum Gasteiger partial charge on any atom is 0.248 e. The van der Waals surface area contributed by atoms with Gasteiger partial charge in [-0.1, -0.05) is 18.2 Å². The minimum absolute atomic E-state index is 0.314. The molecule has 1 N–H and O–H groups in total. The molecule has 22 heavy (non-hydrogen) atoms. The molecule has 1 amide bonds. The lowest BCUT2D eigenvalue weighted by molar-refractivity contribution is -0.111. The highest BCUT2D eigenvalue weighted by Gasteiger charge is 2.10. The second kappa shape index (κ2) is 7.61. The van der Waals surface area contributed by atoms with E-state index in [0.29, 0.717) is 5.69 Å². The van der Waals surface area contributed by atoms with Crippen molar-refractivity contribution in [2.45, 2.75) is 17.0 Å². The summed E-state index contributed by atoms with van der Waals surface area (Å²) in [6, 6.07) is 4.28. The van der Waals surface area contributed by atoms with E-state index >= 15 is 0 Å². The summed E-state index contributed by atoms with van der Waals surface area (Å²) >= 11 is 1.36. The van der Waals surface area contributed by atoms with E-state index in [2.05, 4.69) is 10.3 Å². The molecule has 2 aromatic rings. The second-order valence-electron chi connectivity index (χ2n) is 4.44. The second-order valence-corrected chi connectivity index (χ2v) is 5.45. The van der Waals surface area contributed by atoms with Crippen LogP contribution in [-0.4, -0.2) is 15.5 Å². The van der Waals surface area contributed by atoms with Crippen LogP contribution in [0.5, 0.6) is 0 Å². The highest BCUT2D eigenvalue weighted by molar-refractivity contribution is 7.99. The monoisotopic (exact) mass is 317 g/mol. The number of rotatable bonds is 5. The lowest BCUT2D eigenvalue weighted by Gasteiger charge is -2.09. The van der Waals surface area contributed by atoms with Gasteiger partial charge in [-0.05, 0) is 36.9 Å². The summed E-state index contributed by atoms with van der Waals surface area (Å²) in [4.78, 5) is 16.8. The number of imidazole rings is 1. The summed E-state index contributed by atoms with van der Waals surface area (Å²) in [6.07, 6.45) is 10.1. The average molecular weight is 317 g/mol. The van der Waals surface area contributed by atoms with Crippen LogP contribution in [-0.2, 0) is 11.8 Å². The molecule has 0 fully saturated rings. The highest BCUT2D eigenvalue weighted by Crippen LogP contribution is 2.32. The number of halogens is 1. The van der Waals surface area contributed by atoms with Crippen LogP contribution in [0.3, 0.4) is 0 Å². The van der Waals surface area contributed by atoms with Gasteiger partial charge in [-0.15, -0.1) is 0 Å². The van der Waals surface area contributed by atoms with Crippen LogP contribution < -0.4 is 5.32 Å². The van der Waals surface area contributed by atoms with E-state index in [9.17, 15) is 9.18 Å². The fraction of sp³-hybridized carbons (Fsp3) is 0.125. The Morgan fingerprint density at radius 2 is 2.23 bits per heavy atom. The average Bonchev–Trinajstić information content (AvgIpc) is 2.87. The fourth-order valence-corrected chi connectivity index (χ4v) is 2.54. The summed E-state index contributed by atoms with van der Waals surface area (Å²) < 4.78 is 15.3. The van der Waals surface area contributed by atoms with Crippen molar-refractivity contribution >= 4 is 23.4 Å². The lowest BCUT2D eigenvalue weighted by atomic mass is 10.3. The topological polar surface area (TPSA) is 46.9 Å². The van der Waals surface area contributed by atoms with Crippen molar-refractivity contribution < 1.29 is 9.18 Å². The Kier molecular flexibility index (Phi) is 5.55. The molecule has 0 radical (unpaired) electrons. The summed E-state index contributed by atoms with van der Waals surface area (Å²) in [6.45, 7) is 1.86. The van der Waals surface area contributed by atoms with Crippen LogP contribution in [0.4, 0.5) is 10.1 Å². The lowest BCUT2D eigenvalue weighted by Crippen LogP contribution is -2.09. The third-order valence-corrected chi connectivity index (χ3v) is 3.88. The highest BCUT2D eigenvalue weighted by atomic mass is 32.2. The van der Waals surface area contributed by atoms with Crippen LogP contribution >= 0.6 is 11.8 Å². The summed E-state index contributed by atoms with van der Waals surface area (Å²) in [7, 11) is 1.87. The minimum atomic E-state index is -0.406. The van der Waals surface area contributed by atoms with Crippen LogP contribution in [0.25, 0.3) is 0 Å².